The molecule has 0 atom stereocenters. The van der Waals surface area contributed by atoms with E-state index in [0.717, 1.165) is 22.9 Å². The summed E-state index contributed by atoms with van der Waals surface area (Å²) in [5.41, 5.74) is 4.62. The predicted molar refractivity (Wildman–Crippen MR) is 94.9 cm³/mol. The Hall–Kier alpha value is -2.81. The van der Waals surface area contributed by atoms with E-state index in [1.165, 1.54) is 11.1 Å². The number of hydrogen-bond acceptors (Lipinski definition) is 3. The highest BCUT2D eigenvalue weighted by Crippen LogP contribution is 2.34. The Morgan fingerprint density at radius 2 is 1.52 bits per heavy atom. The fraction of sp³-hybridized carbons (Fsp3) is 0.150. The van der Waals surface area contributed by atoms with Gasteiger partial charge in [0, 0.05) is 17.6 Å². The van der Waals surface area contributed by atoms with Crippen LogP contribution >= 0.6 is 0 Å². The second-order valence-electron chi connectivity index (χ2n) is 5.57. The largest absolute Gasteiger partial charge is 0.497 e. The first kappa shape index (κ1) is 15.1. The smallest absolute Gasteiger partial charge is 0.137 e. The lowest BCUT2D eigenvalue weighted by molar-refractivity contribution is 0.415. The molecule has 116 valence electrons. The summed E-state index contributed by atoms with van der Waals surface area (Å²) >= 11 is 0. The number of hydrogen-bond donors (Lipinski definition) is 0. The molecule has 0 fully saturated rings. The van der Waals surface area contributed by atoms with Gasteiger partial charge in [-0.15, -0.1) is 0 Å². The molecule has 2 aromatic carbocycles. The van der Waals surface area contributed by atoms with Gasteiger partial charge in [0.25, 0.3) is 0 Å². The molecule has 0 amide bonds. The number of rotatable bonds is 4. The summed E-state index contributed by atoms with van der Waals surface area (Å²) in [6.07, 6.45) is 1.81. The molecular weight excluding hydrogens is 284 g/mol. The molecule has 3 nitrogen and oxygen atoms in total. The molecule has 1 heterocycles. The third-order valence-corrected chi connectivity index (χ3v) is 3.67. The molecule has 0 N–H and O–H groups in total. The van der Waals surface area contributed by atoms with Crippen molar-refractivity contribution in [2.45, 2.75) is 13.8 Å². The summed E-state index contributed by atoms with van der Waals surface area (Å²) in [5.74, 6) is 1.73. The van der Waals surface area contributed by atoms with E-state index in [1.807, 2.05) is 48.7 Å². The van der Waals surface area contributed by atoms with Crippen LogP contribution in [0.2, 0.25) is 0 Å². The van der Waals surface area contributed by atoms with Crippen LogP contribution in [0.3, 0.4) is 0 Å². The molecule has 0 aliphatic heterocycles. The number of nitrogens with zero attached hydrogens (tertiary/aromatic N) is 2. The zero-order chi connectivity index (χ0) is 16.2. The third kappa shape index (κ3) is 3.34. The van der Waals surface area contributed by atoms with Crippen molar-refractivity contribution in [3.05, 3.63) is 78.0 Å². The van der Waals surface area contributed by atoms with Gasteiger partial charge in [0.1, 0.15) is 11.6 Å². The van der Waals surface area contributed by atoms with Crippen LogP contribution in [-0.2, 0) is 0 Å². The van der Waals surface area contributed by atoms with Crippen molar-refractivity contribution < 1.29 is 4.74 Å². The van der Waals surface area contributed by atoms with E-state index in [0.29, 0.717) is 0 Å². The molecule has 0 aliphatic carbocycles. The Morgan fingerprint density at radius 3 is 2.09 bits per heavy atom. The predicted octanol–water partition coefficient (Wildman–Crippen LogP) is 5.18. The maximum atomic E-state index is 5.26. The first-order valence-corrected chi connectivity index (χ1v) is 7.61. The van der Waals surface area contributed by atoms with Gasteiger partial charge in [-0.1, -0.05) is 12.1 Å². The molecule has 0 radical (unpaired) electrons. The summed E-state index contributed by atoms with van der Waals surface area (Å²) in [6.45, 7) is 4.22. The van der Waals surface area contributed by atoms with Gasteiger partial charge in [0.2, 0.25) is 0 Å². The van der Waals surface area contributed by atoms with Gasteiger partial charge >= 0.3 is 0 Å². The molecule has 0 bridgehead atoms. The summed E-state index contributed by atoms with van der Waals surface area (Å²) in [4.78, 5) is 6.68. The van der Waals surface area contributed by atoms with Crippen LogP contribution < -0.4 is 9.64 Å². The van der Waals surface area contributed by atoms with Crippen LogP contribution in [-0.4, -0.2) is 12.1 Å². The second-order valence-corrected chi connectivity index (χ2v) is 5.57. The topological polar surface area (TPSA) is 25.4 Å². The fourth-order valence-electron chi connectivity index (χ4n) is 2.71. The molecule has 3 rings (SSSR count). The molecule has 0 saturated carbocycles. The van der Waals surface area contributed by atoms with Crippen LogP contribution in [0.5, 0.6) is 5.75 Å². The highest BCUT2D eigenvalue weighted by molar-refractivity contribution is 5.75. The molecule has 0 unspecified atom stereocenters. The van der Waals surface area contributed by atoms with Crippen LogP contribution in [0.1, 0.15) is 11.1 Å². The minimum Gasteiger partial charge on any atom is -0.497 e. The average molecular weight is 304 g/mol. The van der Waals surface area contributed by atoms with E-state index in [4.69, 9.17) is 4.74 Å². The minimum absolute atomic E-state index is 0.843. The Labute approximate surface area is 137 Å². The summed E-state index contributed by atoms with van der Waals surface area (Å²) < 4.78 is 5.26. The number of pyridine rings is 1. The van der Waals surface area contributed by atoms with Gasteiger partial charge < -0.3 is 4.74 Å². The van der Waals surface area contributed by atoms with E-state index >= 15 is 0 Å². The lowest BCUT2D eigenvalue weighted by atomic mass is 10.1. The van der Waals surface area contributed by atoms with Gasteiger partial charge in [-0.25, -0.2) is 4.98 Å². The van der Waals surface area contributed by atoms with E-state index in [1.54, 1.807) is 7.11 Å². The number of aryl methyl sites for hydroxylation is 2. The highest BCUT2D eigenvalue weighted by Gasteiger charge is 2.14. The maximum Gasteiger partial charge on any atom is 0.137 e. The molecular formula is C20H20N2O. The molecule has 23 heavy (non-hydrogen) atoms. The summed E-state index contributed by atoms with van der Waals surface area (Å²) in [7, 11) is 1.68. The van der Waals surface area contributed by atoms with Crippen molar-refractivity contribution in [3.8, 4) is 5.75 Å². The Kier molecular flexibility index (Phi) is 4.29. The van der Waals surface area contributed by atoms with Gasteiger partial charge in [-0.2, -0.15) is 0 Å². The van der Waals surface area contributed by atoms with Gasteiger partial charge in [0.15, 0.2) is 0 Å². The van der Waals surface area contributed by atoms with Crippen LogP contribution in [0.25, 0.3) is 0 Å². The van der Waals surface area contributed by atoms with Crippen molar-refractivity contribution in [1.29, 1.82) is 0 Å². The number of aromatic nitrogens is 1. The second kappa shape index (κ2) is 6.53. The monoisotopic (exact) mass is 304 g/mol. The number of ether oxygens (including phenoxy) is 1. The number of anilines is 3. The molecule has 1 aromatic heterocycles. The standard InChI is InChI=1S/C20H20N2O/c1-15-12-16(2)14-18(13-15)22(20-6-4-5-11-21-20)17-7-9-19(23-3)10-8-17/h4-14H,1-3H3. The Balaban J connectivity index is 2.13. The third-order valence-electron chi connectivity index (χ3n) is 3.67. The van der Waals surface area contributed by atoms with Crippen LogP contribution in [0, 0.1) is 13.8 Å². The van der Waals surface area contributed by atoms with E-state index in [9.17, 15) is 0 Å². The fourth-order valence-corrected chi connectivity index (χ4v) is 2.71. The molecule has 3 heteroatoms. The summed E-state index contributed by atoms with van der Waals surface area (Å²) in [6, 6.07) is 20.5. The van der Waals surface area contributed by atoms with Gasteiger partial charge in [-0.05, 0) is 73.5 Å². The van der Waals surface area contributed by atoms with E-state index in [-0.39, 0.29) is 0 Å². The van der Waals surface area contributed by atoms with E-state index in [2.05, 4.69) is 41.9 Å². The highest BCUT2D eigenvalue weighted by atomic mass is 16.5. The van der Waals surface area contributed by atoms with Crippen LogP contribution in [0.15, 0.2) is 66.9 Å². The molecule has 0 aliphatic rings. The van der Waals surface area contributed by atoms with Gasteiger partial charge in [0.05, 0.1) is 7.11 Å². The van der Waals surface area contributed by atoms with Crippen molar-refractivity contribution in [3.63, 3.8) is 0 Å². The Bertz CT molecular complexity index is 762. The average Bonchev–Trinajstić information content (AvgIpc) is 2.56. The molecule has 3 aromatic rings. The maximum absolute atomic E-state index is 5.26. The van der Waals surface area contributed by atoms with Crippen molar-refractivity contribution in [1.82, 2.24) is 4.98 Å². The van der Waals surface area contributed by atoms with Crippen molar-refractivity contribution in [2.24, 2.45) is 0 Å². The normalized spacial score (nSPS) is 10.4. The van der Waals surface area contributed by atoms with Gasteiger partial charge in [-0.3, -0.25) is 4.90 Å². The minimum atomic E-state index is 0.843. The first-order chi connectivity index (χ1) is 11.2. The molecule has 0 spiro atoms. The van der Waals surface area contributed by atoms with Crippen molar-refractivity contribution in [2.75, 3.05) is 12.0 Å². The quantitative estimate of drug-likeness (QED) is 0.664. The first-order valence-electron chi connectivity index (χ1n) is 7.61. The number of methoxy groups -OCH3 is 1. The lowest BCUT2D eigenvalue weighted by Crippen LogP contribution is -2.11. The number of benzene rings is 2. The zero-order valence-electron chi connectivity index (χ0n) is 13.7. The lowest BCUT2D eigenvalue weighted by Gasteiger charge is -2.25. The molecule has 0 saturated heterocycles. The zero-order valence-corrected chi connectivity index (χ0v) is 13.7. The Morgan fingerprint density at radius 1 is 0.826 bits per heavy atom. The van der Waals surface area contributed by atoms with Crippen molar-refractivity contribution >= 4 is 17.2 Å². The summed E-state index contributed by atoms with van der Waals surface area (Å²) in [5, 5.41) is 0. The van der Waals surface area contributed by atoms with E-state index < -0.39 is 0 Å². The SMILES string of the molecule is COc1ccc(N(c2cc(C)cc(C)c2)c2ccccn2)cc1. The van der Waals surface area contributed by atoms with Crippen LogP contribution in [0.4, 0.5) is 17.2 Å².